The first-order valence-corrected chi connectivity index (χ1v) is 4.27. The maximum Gasteiger partial charge on any atom is 0.197 e. The average Bonchev–Trinajstić information content (AvgIpc) is 2.34. The van der Waals surface area contributed by atoms with E-state index in [2.05, 4.69) is 16.9 Å². The summed E-state index contributed by atoms with van der Waals surface area (Å²) < 4.78 is 0.628. The van der Waals surface area contributed by atoms with Gasteiger partial charge in [0, 0.05) is 11.4 Å². The van der Waals surface area contributed by atoms with Gasteiger partial charge in [-0.3, -0.25) is 0 Å². The van der Waals surface area contributed by atoms with Crippen molar-refractivity contribution >= 4 is 12.2 Å². The van der Waals surface area contributed by atoms with Gasteiger partial charge in [0.05, 0.1) is 0 Å². The predicted molar refractivity (Wildman–Crippen MR) is 46.2 cm³/mol. The molecule has 0 saturated heterocycles. The predicted octanol–water partition coefficient (Wildman–Crippen LogP) is 1.94. The van der Waals surface area contributed by atoms with Crippen LogP contribution in [-0.2, 0) is 12.8 Å². The molecular formula is C8H10N2S. The molecule has 1 N–H and O–H groups in total. The Labute approximate surface area is 70.7 Å². The monoisotopic (exact) mass is 166 g/mol. The molecule has 3 heteroatoms. The second kappa shape index (κ2) is 2.41. The minimum absolute atomic E-state index is 0.628. The molecule has 0 aromatic carbocycles. The molecule has 1 aromatic heterocycles. The normalized spacial score (nSPS) is 15.0. The van der Waals surface area contributed by atoms with Gasteiger partial charge in [0.15, 0.2) is 4.77 Å². The molecule has 1 aromatic rings. The summed E-state index contributed by atoms with van der Waals surface area (Å²) in [6.45, 7) is 2.07. The molecule has 58 valence electrons. The van der Waals surface area contributed by atoms with Crippen molar-refractivity contribution in [2.75, 3.05) is 0 Å². The number of rotatable bonds is 0. The minimum atomic E-state index is 0.628. The van der Waals surface area contributed by atoms with E-state index in [4.69, 9.17) is 12.2 Å². The zero-order valence-electron chi connectivity index (χ0n) is 6.48. The van der Waals surface area contributed by atoms with Crippen LogP contribution in [0.4, 0.5) is 0 Å². The van der Waals surface area contributed by atoms with E-state index in [0.717, 1.165) is 6.42 Å². The lowest BCUT2D eigenvalue weighted by molar-refractivity contribution is 0.897. The van der Waals surface area contributed by atoms with Crippen molar-refractivity contribution in [3.05, 3.63) is 21.7 Å². The number of hydrogen-bond donors (Lipinski definition) is 1. The smallest absolute Gasteiger partial charge is 0.197 e. The summed E-state index contributed by atoms with van der Waals surface area (Å²) in [7, 11) is 0. The number of nitrogens with one attached hydrogen (secondary N) is 1. The third-order valence-corrected chi connectivity index (χ3v) is 2.37. The van der Waals surface area contributed by atoms with Crippen molar-refractivity contribution in [3.63, 3.8) is 0 Å². The third kappa shape index (κ3) is 1.09. The van der Waals surface area contributed by atoms with Crippen LogP contribution in [0.3, 0.4) is 0 Å². The van der Waals surface area contributed by atoms with E-state index in [-0.39, 0.29) is 0 Å². The van der Waals surface area contributed by atoms with E-state index in [1.165, 1.54) is 29.8 Å². The summed E-state index contributed by atoms with van der Waals surface area (Å²) in [6.07, 6.45) is 3.50. The molecule has 0 unspecified atom stereocenters. The van der Waals surface area contributed by atoms with E-state index in [9.17, 15) is 0 Å². The molecule has 0 aliphatic heterocycles. The number of H-pyrrole nitrogens is 1. The van der Waals surface area contributed by atoms with Gasteiger partial charge >= 0.3 is 0 Å². The van der Waals surface area contributed by atoms with E-state index in [1.54, 1.807) is 0 Å². The second-order valence-electron chi connectivity index (χ2n) is 2.95. The van der Waals surface area contributed by atoms with Crippen molar-refractivity contribution in [1.82, 2.24) is 9.97 Å². The fraction of sp³-hybridized carbons (Fsp3) is 0.500. The van der Waals surface area contributed by atoms with Crippen LogP contribution in [0.5, 0.6) is 0 Å². The van der Waals surface area contributed by atoms with Gasteiger partial charge in [-0.15, -0.1) is 0 Å². The molecule has 1 aliphatic carbocycles. The van der Waals surface area contributed by atoms with Gasteiger partial charge in [-0.2, -0.15) is 0 Å². The molecule has 0 amide bonds. The van der Waals surface area contributed by atoms with Crippen LogP contribution in [0, 0.1) is 11.7 Å². The summed E-state index contributed by atoms with van der Waals surface area (Å²) in [5.41, 5.74) is 3.81. The van der Waals surface area contributed by atoms with Crippen molar-refractivity contribution in [3.8, 4) is 0 Å². The number of aromatic amines is 1. The number of fused-ring (bicyclic) bond motifs is 1. The van der Waals surface area contributed by atoms with Gasteiger partial charge in [-0.1, -0.05) is 0 Å². The molecule has 0 fully saturated rings. The highest BCUT2D eigenvalue weighted by atomic mass is 32.1. The standard InChI is InChI=1S/C8H10N2S/c1-5-6-3-2-4-7(6)10-8(11)9-5/h2-4H2,1H3,(H,9,10,11). The SMILES string of the molecule is Cc1[nH]c(=S)nc2c1CCC2. The lowest BCUT2D eigenvalue weighted by Gasteiger charge is -2.00. The highest BCUT2D eigenvalue weighted by Gasteiger charge is 2.13. The Kier molecular flexibility index (Phi) is 1.53. The lowest BCUT2D eigenvalue weighted by Crippen LogP contribution is -1.95. The molecule has 11 heavy (non-hydrogen) atoms. The fourth-order valence-electron chi connectivity index (χ4n) is 1.64. The number of aryl methyl sites for hydroxylation is 2. The summed E-state index contributed by atoms with van der Waals surface area (Å²) in [5.74, 6) is 0. The lowest BCUT2D eigenvalue weighted by atomic mass is 10.2. The average molecular weight is 166 g/mol. The maximum absolute atomic E-state index is 4.97. The summed E-state index contributed by atoms with van der Waals surface area (Å²) in [6, 6.07) is 0. The molecule has 0 bridgehead atoms. The van der Waals surface area contributed by atoms with E-state index in [0.29, 0.717) is 4.77 Å². The van der Waals surface area contributed by atoms with E-state index in [1.807, 2.05) is 0 Å². The first-order valence-electron chi connectivity index (χ1n) is 3.86. The minimum Gasteiger partial charge on any atom is -0.335 e. The van der Waals surface area contributed by atoms with E-state index >= 15 is 0 Å². The Morgan fingerprint density at radius 2 is 2.27 bits per heavy atom. The van der Waals surface area contributed by atoms with E-state index < -0.39 is 0 Å². The molecule has 0 saturated carbocycles. The molecule has 2 nitrogen and oxygen atoms in total. The molecule has 0 spiro atoms. The quantitative estimate of drug-likeness (QED) is 0.597. The number of nitrogens with zero attached hydrogens (tertiary/aromatic N) is 1. The molecule has 0 atom stereocenters. The van der Waals surface area contributed by atoms with Gasteiger partial charge in [0.25, 0.3) is 0 Å². The van der Waals surface area contributed by atoms with Crippen LogP contribution in [0.2, 0.25) is 0 Å². The first kappa shape index (κ1) is 6.98. The fourth-order valence-corrected chi connectivity index (χ4v) is 1.90. The van der Waals surface area contributed by atoms with Crippen LogP contribution < -0.4 is 0 Å². The van der Waals surface area contributed by atoms with Gasteiger partial charge < -0.3 is 4.98 Å². The molecular weight excluding hydrogens is 156 g/mol. The number of hydrogen-bond acceptors (Lipinski definition) is 2. The number of aromatic nitrogens is 2. The third-order valence-electron chi connectivity index (χ3n) is 2.17. The highest BCUT2D eigenvalue weighted by molar-refractivity contribution is 7.71. The van der Waals surface area contributed by atoms with Crippen molar-refractivity contribution in [2.45, 2.75) is 26.2 Å². The van der Waals surface area contributed by atoms with Crippen LogP contribution in [0.1, 0.15) is 23.4 Å². The summed E-state index contributed by atoms with van der Waals surface area (Å²) in [4.78, 5) is 7.35. The largest absolute Gasteiger partial charge is 0.335 e. The molecule has 1 heterocycles. The van der Waals surface area contributed by atoms with Crippen LogP contribution in [0.25, 0.3) is 0 Å². The van der Waals surface area contributed by atoms with Gasteiger partial charge in [-0.05, 0) is 44.0 Å². The second-order valence-corrected chi connectivity index (χ2v) is 3.33. The Hall–Kier alpha value is -0.700. The Balaban J connectivity index is 2.70. The topological polar surface area (TPSA) is 28.7 Å². The van der Waals surface area contributed by atoms with Gasteiger partial charge in [-0.25, -0.2) is 4.98 Å². The van der Waals surface area contributed by atoms with Gasteiger partial charge in [0.2, 0.25) is 0 Å². The molecule has 0 radical (unpaired) electrons. The first-order chi connectivity index (χ1) is 5.27. The Bertz CT molecular complexity index is 340. The van der Waals surface area contributed by atoms with Gasteiger partial charge in [0.1, 0.15) is 0 Å². The van der Waals surface area contributed by atoms with Crippen molar-refractivity contribution in [2.24, 2.45) is 0 Å². The van der Waals surface area contributed by atoms with Crippen molar-refractivity contribution < 1.29 is 0 Å². The molecule has 1 aliphatic rings. The zero-order valence-corrected chi connectivity index (χ0v) is 7.29. The maximum atomic E-state index is 4.97. The zero-order chi connectivity index (χ0) is 7.84. The van der Waals surface area contributed by atoms with Crippen LogP contribution in [0.15, 0.2) is 0 Å². The van der Waals surface area contributed by atoms with Crippen LogP contribution >= 0.6 is 12.2 Å². The molecule has 2 rings (SSSR count). The summed E-state index contributed by atoms with van der Waals surface area (Å²) >= 11 is 4.97. The van der Waals surface area contributed by atoms with Crippen LogP contribution in [-0.4, -0.2) is 9.97 Å². The Morgan fingerprint density at radius 1 is 1.45 bits per heavy atom. The van der Waals surface area contributed by atoms with Crippen molar-refractivity contribution in [1.29, 1.82) is 0 Å². The summed E-state index contributed by atoms with van der Waals surface area (Å²) in [5, 5.41) is 0. The Morgan fingerprint density at radius 3 is 3.09 bits per heavy atom. The highest BCUT2D eigenvalue weighted by Crippen LogP contribution is 2.20.